The molecule has 0 radical (unpaired) electrons. The number of nitrogens with zero attached hydrogens (tertiary/aromatic N) is 1. The van der Waals surface area contributed by atoms with E-state index in [1.54, 1.807) is 0 Å². The third-order valence-corrected chi connectivity index (χ3v) is 15.2. The van der Waals surface area contributed by atoms with Gasteiger partial charge in [0, 0.05) is 33.0 Å². The number of para-hydroxylation sites is 1. The van der Waals surface area contributed by atoms with E-state index in [0.29, 0.717) is 0 Å². The maximum atomic E-state index is 6.60. The average molecular weight is 912 g/mol. The van der Waals surface area contributed by atoms with Crippen LogP contribution in [0.1, 0.15) is 51.3 Å². The molecular weight excluding hydrogens is 859 g/mol. The van der Waals surface area contributed by atoms with Crippen LogP contribution in [0.25, 0.3) is 99.1 Å². The second-order valence-electron chi connectivity index (χ2n) is 20.9. The molecule has 2 heteroatoms. The number of fused-ring (bicyclic) bond motifs is 8. The molecule has 12 aromatic rings. The van der Waals surface area contributed by atoms with Gasteiger partial charge < -0.3 is 9.32 Å². The van der Waals surface area contributed by atoms with Crippen LogP contribution < -0.4 is 4.90 Å². The Hall–Kier alpha value is -8.46. The first kappa shape index (κ1) is 42.6. The van der Waals surface area contributed by atoms with Gasteiger partial charge in [-0.3, -0.25) is 0 Å². The van der Waals surface area contributed by atoms with Gasteiger partial charge in [-0.15, -0.1) is 0 Å². The second kappa shape index (κ2) is 16.3. The molecule has 0 unspecified atom stereocenters. The molecule has 0 N–H and O–H groups in total. The van der Waals surface area contributed by atoms with E-state index >= 15 is 0 Å². The largest absolute Gasteiger partial charge is 0.456 e. The number of furan rings is 1. The van der Waals surface area contributed by atoms with Crippen molar-refractivity contribution in [1.29, 1.82) is 0 Å². The van der Waals surface area contributed by atoms with E-state index in [2.05, 4.69) is 270 Å². The fraction of sp³-hybridized carbons (Fsp3) is 0.101. The Morgan fingerprint density at radius 2 is 0.972 bits per heavy atom. The van der Waals surface area contributed by atoms with E-state index < -0.39 is 0 Å². The lowest BCUT2D eigenvalue weighted by atomic mass is 9.82. The van der Waals surface area contributed by atoms with Crippen molar-refractivity contribution in [3.05, 3.63) is 247 Å². The highest BCUT2D eigenvalue weighted by Crippen LogP contribution is 2.54. The zero-order chi connectivity index (χ0) is 48.0. The van der Waals surface area contributed by atoms with Crippen LogP contribution >= 0.6 is 0 Å². The van der Waals surface area contributed by atoms with Crippen molar-refractivity contribution in [2.45, 2.75) is 45.4 Å². The van der Waals surface area contributed by atoms with E-state index in [0.717, 1.165) is 66.8 Å². The number of anilines is 3. The van der Waals surface area contributed by atoms with Gasteiger partial charge in [-0.25, -0.2) is 0 Å². The van der Waals surface area contributed by atoms with Gasteiger partial charge in [0.25, 0.3) is 0 Å². The van der Waals surface area contributed by atoms with Crippen molar-refractivity contribution in [3.8, 4) is 55.6 Å². The molecule has 11 aromatic carbocycles. The third kappa shape index (κ3) is 7.08. The Labute approximate surface area is 416 Å². The Balaban J connectivity index is 1.06. The third-order valence-electron chi connectivity index (χ3n) is 15.2. The molecule has 0 spiro atoms. The standard InChI is InChI=1S/C69H53NO/c1-68(2,3)52-34-30-45(31-35-52)44-26-28-46(29-27-44)51-33-38-62(57(40-51)47-16-7-6-8-17-47)70(53-36-37-60-59(43-53)58-41-49-19-9-10-20-50(49)42-61(58)69(60,4)5)63-39-32-48-18-11-12-21-54(48)66(63)56-23-15-25-65-67(56)55-22-13-14-24-64(55)71-65/h6-43H,1-5H3. The summed E-state index contributed by atoms with van der Waals surface area (Å²) >= 11 is 0. The number of rotatable bonds is 7. The minimum Gasteiger partial charge on any atom is -0.456 e. The van der Waals surface area contributed by atoms with Gasteiger partial charge in [-0.05, 0) is 143 Å². The summed E-state index contributed by atoms with van der Waals surface area (Å²) in [6.45, 7) is 11.6. The summed E-state index contributed by atoms with van der Waals surface area (Å²) in [4.78, 5) is 2.53. The highest BCUT2D eigenvalue weighted by atomic mass is 16.3. The predicted molar refractivity (Wildman–Crippen MR) is 301 cm³/mol. The maximum absolute atomic E-state index is 6.60. The van der Waals surface area contributed by atoms with Crippen molar-refractivity contribution in [2.24, 2.45) is 0 Å². The summed E-state index contributed by atoms with van der Waals surface area (Å²) in [5.74, 6) is 0. The molecule has 71 heavy (non-hydrogen) atoms. The van der Waals surface area contributed by atoms with Crippen LogP contribution in [0, 0.1) is 0 Å². The number of hydrogen-bond acceptors (Lipinski definition) is 2. The van der Waals surface area contributed by atoms with Gasteiger partial charge in [-0.1, -0.05) is 211 Å². The van der Waals surface area contributed by atoms with Crippen LogP contribution in [0.5, 0.6) is 0 Å². The lowest BCUT2D eigenvalue weighted by Crippen LogP contribution is -2.16. The first-order valence-electron chi connectivity index (χ1n) is 24.9. The van der Waals surface area contributed by atoms with E-state index in [1.165, 1.54) is 66.1 Å². The Bertz CT molecular complexity index is 4040. The molecule has 0 saturated carbocycles. The van der Waals surface area contributed by atoms with Crippen molar-refractivity contribution in [1.82, 2.24) is 0 Å². The topological polar surface area (TPSA) is 16.4 Å². The molecule has 340 valence electrons. The van der Waals surface area contributed by atoms with Crippen molar-refractivity contribution in [2.75, 3.05) is 4.90 Å². The van der Waals surface area contributed by atoms with E-state index in [4.69, 9.17) is 4.42 Å². The number of hydrogen-bond donors (Lipinski definition) is 0. The SMILES string of the molecule is CC(C)(C)c1ccc(-c2ccc(-c3ccc(N(c4ccc5c(c4)-c4cc6ccccc6cc4C5(C)C)c4ccc5ccccc5c4-c4cccc5oc6ccccc6c45)c(-c4ccccc4)c3)cc2)cc1. The van der Waals surface area contributed by atoms with Crippen LogP contribution in [-0.2, 0) is 10.8 Å². The Morgan fingerprint density at radius 1 is 0.380 bits per heavy atom. The van der Waals surface area contributed by atoms with Crippen LogP contribution in [0.4, 0.5) is 17.1 Å². The molecule has 1 aliphatic carbocycles. The molecule has 0 bridgehead atoms. The fourth-order valence-corrected chi connectivity index (χ4v) is 11.5. The van der Waals surface area contributed by atoms with Crippen LogP contribution in [0.2, 0.25) is 0 Å². The van der Waals surface area contributed by atoms with Crippen LogP contribution in [0.3, 0.4) is 0 Å². The lowest BCUT2D eigenvalue weighted by molar-refractivity contribution is 0.590. The summed E-state index contributed by atoms with van der Waals surface area (Å²) < 4.78 is 6.60. The molecule has 0 saturated heterocycles. The van der Waals surface area contributed by atoms with E-state index in [-0.39, 0.29) is 10.8 Å². The number of benzene rings is 11. The van der Waals surface area contributed by atoms with Gasteiger partial charge in [0.15, 0.2) is 0 Å². The van der Waals surface area contributed by atoms with Crippen molar-refractivity contribution < 1.29 is 4.42 Å². The molecule has 1 heterocycles. The first-order chi connectivity index (χ1) is 34.6. The van der Waals surface area contributed by atoms with E-state index in [9.17, 15) is 0 Å². The van der Waals surface area contributed by atoms with Gasteiger partial charge >= 0.3 is 0 Å². The van der Waals surface area contributed by atoms with Gasteiger partial charge in [0.2, 0.25) is 0 Å². The molecule has 2 nitrogen and oxygen atoms in total. The Kier molecular flexibility index (Phi) is 9.80. The molecule has 0 fully saturated rings. The maximum Gasteiger partial charge on any atom is 0.136 e. The quantitative estimate of drug-likeness (QED) is 0.158. The fourth-order valence-electron chi connectivity index (χ4n) is 11.5. The summed E-state index contributed by atoms with van der Waals surface area (Å²) in [7, 11) is 0. The molecule has 0 amide bonds. The summed E-state index contributed by atoms with van der Waals surface area (Å²) in [5.41, 5.74) is 20.9. The second-order valence-corrected chi connectivity index (χ2v) is 20.9. The van der Waals surface area contributed by atoms with E-state index in [1.807, 2.05) is 0 Å². The van der Waals surface area contributed by atoms with Gasteiger partial charge in [-0.2, -0.15) is 0 Å². The normalized spacial score (nSPS) is 13.0. The Morgan fingerprint density at radius 3 is 1.72 bits per heavy atom. The smallest absolute Gasteiger partial charge is 0.136 e. The summed E-state index contributed by atoms with van der Waals surface area (Å²) in [6.07, 6.45) is 0. The molecule has 1 aliphatic rings. The van der Waals surface area contributed by atoms with Gasteiger partial charge in [0.05, 0.1) is 11.4 Å². The molecule has 13 rings (SSSR count). The van der Waals surface area contributed by atoms with Crippen molar-refractivity contribution in [3.63, 3.8) is 0 Å². The van der Waals surface area contributed by atoms with Gasteiger partial charge in [0.1, 0.15) is 11.2 Å². The predicted octanol–water partition coefficient (Wildman–Crippen LogP) is 19.6. The highest BCUT2D eigenvalue weighted by Gasteiger charge is 2.37. The van der Waals surface area contributed by atoms with Crippen molar-refractivity contribution >= 4 is 60.5 Å². The monoisotopic (exact) mass is 911 g/mol. The van der Waals surface area contributed by atoms with Crippen LogP contribution in [-0.4, -0.2) is 0 Å². The minimum atomic E-state index is -0.174. The van der Waals surface area contributed by atoms with Crippen LogP contribution in [0.15, 0.2) is 235 Å². The summed E-state index contributed by atoms with van der Waals surface area (Å²) in [6, 6.07) is 85.3. The highest BCUT2D eigenvalue weighted by molar-refractivity contribution is 6.18. The first-order valence-corrected chi connectivity index (χ1v) is 24.9. The molecule has 1 aromatic heterocycles. The minimum absolute atomic E-state index is 0.109. The molecular formula is C69H53NO. The zero-order valence-corrected chi connectivity index (χ0v) is 40.8. The lowest BCUT2D eigenvalue weighted by Gasteiger charge is -2.32. The average Bonchev–Trinajstić information content (AvgIpc) is 3.89. The molecule has 0 atom stereocenters. The summed E-state index contributed by atoms with van der Waals surface area (Å²) in [5, 5.41) is 7.10. The zero-order valence-electron chi connectivity index (χ0n) is 40.8. The molecule has 0 aliphatic heterocycles.